The van der Waals surface area contributed by atoms with E-state index in [-0.39, 0.29) is 18.7 Å². The summed E-state index contributed by atoms with van der Waals surface area (Å²) >= 11 is 0. The van der Waals surface area contributed by atoms with Gasteiger partial charge in [-0.2, -0.15) is 4.98 Å². The van der Waals surface area contributed by atoms with Gasteiger partial charge in [-0.3, -0.25) is 4.98 Å². The number of ether oxygens (including phenoxy) is 1. The number of halogens is 2. The van der Waals surface area contributed by atoms with Crippen LogP contribution in [0, 0.1) is 5.82 Å². The molecule has 0 saturated heterocycles. The predicted octanol–water partition coefficient (Wildman–Crippen LogP) is 4.83. The second-order valence-electron chi connectivity index (χ2n) is 7.69. The van der Waals surface area contributed by atoms with Crippen molar-refractivity contribution in [2.45, 2.75) is 31.9 Å². The Morgan fingerprint density at radius 1 is 1.13 bits per heavy atom. The van der Waals surface area contributed by atoms with Crippen molar-refractivity contribution in [3.05, 3.63) is 66.4 Å². The molecule has 0 unspecified atom stereocenters. The van der Waals surface area contributed by atoms with Crippen LogP contribution in [0.2, 0.25) is 0 Å². The van der Waals surface area contributed by atoms with Gasteiger partial charge in [0.05, 0.1) is 24.5 Å². The van der Waals surface area contributed by atoms with Gasteiger partial charge in [0.2, 0.25) is 11.8 Å². The zero-order valence-electron chi connectivity index (χ0n) is 17.6. The largest absolute Gasteiger partial charge is 0.480 e. The average molecular weight is 412 g/mol. The van der Waals surface area contributed by atoms with Crippen molar-refractivity contribution in [3.8, 4) is 17.0 Å². The first-order chi connectivity index (χ1) is 14.3. The zero-order chi connectivity index (χ0) is 21.7. The van der Waals surface area contributed by atoms with Gasteiger partial charge in [0.1, 0.15) is 5.82 Å². The molecule has 0 aliphatic rings. The van der Waals surface area contributed by atoms with Gasteiger partial charge in [-0.25, -0.2) is 13.8 Å². The molecule has 0 fully saturated rings. The van der Waals surface area contributed by atoms with Crippen LogP contribution in [-0.2, 0) is 5.41 Å². The van der Waals surface area contributed by atoms with Crippen molar-refractivity contribution in [2.75, 3.05) is 25.6 Å². The second-order valence-corrected chi connectivity index (χ2v) is 7.69. The first-order valence-corrected chi connectivity index (χ1v) is 9.76. The average Bonchev–Trinajstić information content (AvgIpc) is 2.73. The Balaban J connectivity index is 1.93. The summed E-state index contributed by atoms with van der Waals surface area (Å²) in [7, 11) is 3.34. The molecule has 1 aromatic carbocycles. The number of methoxy groups -OCH3 is 1. The number of pyridine rings is 1. The highest BCUT2D eigenvalue weighted by atomic mass is 19.1. The summed E-state index contributed by atoms with van der Waals surface area (Å²) in [4.78, 5) is 15.0. The molecule has 0 bridgehead atoms. The summed E-state index contributed by atoms with van der Waals surface area (Å²) in [5.41, 5.74) is 1.07. The molecule has 3 aromatic rings. The third kappa shape index (κ3) is 4.72. The lowest BCUT2D eigenvalue weighted by Crippen LogP contribution is -2.40. The number of nitrogens with zero attached hydrogens (tertiary/aromatic N) is 4. The maximum absolute atomic E-state index is 14.5. The molecule has 0 aliphatic heterocycles. The van der Waals surface area contributed by atoms with E-state index in [0.717, 1.165) is 11.1 Å². The molecule has 2 aromatic heterocycles. The number of rotatable bonds is 8. The van der Waals surface area contributed by atoms with Crippen LogP contribution in [0.3, 0.4) is 0 Å². The molecule has 158 valence electrons. The number of anilines is 1. The SMILES string of the molecule is COc1nc(N(C)C[C@@](C)(C[C@@H](C)F)c2ncccc2F)ncc1-c1ccccc1. The summed E-state index contributed by atoms with van der Waals surface area (Å²) in [6, 6.07) is 12.6. The summed E-state index contributed by atoms with van der Waals surface area (Å²) in [5, 5.41) is 0. The van der Waals surface area contributed by atoms with Gasteiger partial charge in [-0.05, 0) is 31.0 Å². The third-order valence-electron chi connectivity index (χ3n) is 5.01. The van der Waals surface area contributed by atoms with Crippen LogP contribution >= 0.6 is 0 Å². The van der Waals surface area contributed by atoms with Gasteiger partial charge >= 0.3 is 0 Å². The summed E-state index contributed by atoms with van der Waals surface area (Å²) in [6.07, 6.45) is 2.21. The van der Waals surface area contributed by atoms with E-state index in [1.807, 2.05) is 30.3 Å². The molecule has 7 heteroatoms. The fourth-order valence-electron chi connectivity index (χ4n) is 3.79. The Morgan fingerprint density at radius 3 is 2.50 bits per heavy atom. The maximum atomic E-state index is 14.5. The molecule has 0 radical (unpaired) electrons. The molecule has 0 amide bonds. The maximum Gasteiger partial charge on any atom is 0.228 e. The molecule has 0 spiro atoms. The molecule has 2 heterocycles. The predicted molar refractivity (Wildman–Crippen MR) is 114 cm³/mol. The van der Waals surface area contributed by atoms with Gasteiger partial charge in [-0.1, -0.05) is 37.3 Å². The minimum Gasteiger partial charge on any atom is -0.480 e. The highest BCUT2D eigenvalue weighted by Crippen LogP contribution is 2.33. The molecule has 0 N–H and O–H groups in total. The van der Waals surface area contributed by atoms with Crippen LogP contribution in [0.25, 0.3) is 11.1 Å². The van der Waals surface area contributed by atoms with E-state index in [1.54, 1.807) is 32.2 Å². The van der Waals surface area contributed by atoms with Crippen LogP contribution in [0.15, 0.2) is 54.9 Å². The molecule has 30 heavy (non-hydrogen) atoms. The van der Waals surface area contributed by atoms with Crippen LogP contribution in [0.4, 0.5) is 14.7 Å². The first-order valence-electron chi connectivity index (χ1n) is 9.76. The molecule has 2 atom stereocenters. The van der Waals surface area contributed by atoms with E-state index < -0.39 is 17.4 Å². The highest BCUT2D eigenvalue weighted by molar-refractivity contribution is 5.68. The van der Waals surface area contributed by atoms with Gasteiger partial charge < -0.3 is 9.64 Å². The van der Waals surface area contributed by atoms with E-state index >= 15 is 0 Å². The Bertz CT molecular complexity index is 984. The molecule has 5 nitrogen and oxygen atoms in total. The zero-order valence-corrected chi connectivity index (χ0v) is 17.6. The van der Waals surface area contributed by atoms with Gasteiger partial charge in [0, 0.05) is 31.4 Å². The Morgan fingerprint density at radius 2 is 1.87 bits per heavy atom. The van der Waals surface area contributed by atoms with E-state index in [2.05, 4.69) is 15.0 Å². The summed E-state index contributed by atoms with van der Waals surface area (Å²) in [6.45, 7) is 3.55. The minimum absolute atomic E-state index is 0.116. The minimum atomic E-state index is -1.12. The van der Waals surface area contributed by atoms with E-state index in [0.29, 0.717) is 11.8 Å². The lowest BCUT2D eigenvalue weighted by molar-refractivity contribution is 0.262. The fraction of sp³-hybridized carbons (Fsp3) is 0.348. The number of likely N-dealkylation sites (N-methyl/N-ethyl adjacent to an activating group) is 1. The summed E-state index contributed by atoms with van der Waals surface area (Å²) in [5.74, 6) is 0.384. The number of aromatic nitrogens is 3. The van der Waals surface area contributed by atoms with Gasteiger partial charge in [0.25, 0.3) is 0 Å². The fourth-order valence-corrected chi connectivity index (χ4v) is 3.79. The normalized spacial score (nSPS) is 14.1. The third-order valence-corrected chi connectivity index (χ3v) is 5.01. The van der Waals surface area contributed by atoms with Crippen LogP contribution in [0.5, 0.6) is 5.88 Å². The highest BCUT2D eigenvalue weighted by Gasteiger charge is 2.35. The Labute approximate surface area is 175 Å². The van der Waals surface area contributed by atoms with Gasteiger partial charge in [-0.15, -0.1) is 0 Å². The Hall–Kier alpha value is -3.09. The number of hydrogen-bond donors (Lipinski definition) is 0. The molecule has 0 saturated carbocycles. The quantitative estimate of drug-likeness (QED) is 0.531. The first kappa shape index (κ1) is 21.6. The van der Waals surface area contributed by atoms with Gasteiger partial charge in [0.15, 0.2) is 0 Å². The topological polar surface area (TPSA) is 51.1 Å². The monoisotopic (exact) mass is 412 g/mol. The second kappa shape index (κ2) is 9.15. The summed E-state index contributed by atoms with van der Waals surface area (Å²) < 4.78 is 34.0. The van der Waals surface area contributed by atoms with E-state index in [4.69, 9.17) is 4.74 Å². The standard InChI is InChI=1S/C23H26F2N4O/c1-16(24)13-23(2,20-19(25)11-8-12-26-20)15-29(3)22-27-14-18(21(28-22)30-4)17-9-6-5-7-10-17/h5-12,14,16H,13,15H2,1-4H3/t16-,23-/m1/s1. The number of hydrogen-bond acceptors (Lipinski definition) is 5. The number of benzene rings is 1. The lowest BCUT2D eigenvalue weighted by atomic mass is 9.80. The van der Waals surface area contributed by atoms with Crippen molar-refractivity contribution in [2.24, 2.45) is 0 Å². The van der Waals surface area contributed by atoms with Crippen molar-refractivity contribution >= 4 is 5.95 Å². The van der Waals surface area contributed by atoms with Crippen LogP contribution < -0.4 is 9.64 Å². The molecule has 3 rings (SSSR count). The van der Waals surface area contributed by atoms with E-state index in [9.17, 15) is 8.78 Å². The van der Waals surface area contributed by atoms with Crippen molar-refractivity contribution < 1.29 is 13.5 Å². The molecule has 0 aliphatic carbocycles. The molecular formula is C23H26F2N4O. The van der Waals surface area contributed by atoms with Crippen molar-refractivity contribution in [1.82, 2.24) is 15.0 Å². The van der Waals surface area contributed by atoms with E-state index in [1.165, 1.54) is 25.3 Å². The molecular weight excluding hydrogens is 386 g/mol. The Kier molecular flexibility index (Phi) is 6.59. The lowest BCUT2D eigenvalue weighted by Gasteiger charge is -2.34. The smallest absolute Gasteiger partial charge is 0.228 e. The number of alkyl halides is 1. The van der Waals surface area contributed by atoms with Crippen LogP contribution in [0.1, 0.15) is 26.0 Å². The van der Waals surface area contributed by atoms with Crippen molar-refractivity contribution in [1.29, 1.82) is 0 Å². The van der Waals surface area contributed by atoms with Crippen molar-refractivity contribution in [3.63, 3.8) is 0 Å². The van der Waals surface area contributed by atoms with Crippen LogP contribution in [-0.4, -0.2) is 41.8 Å².